The number of rotatable bonds is 12. The molecule has 114 valence electrons. The highest BCUT2D eigenvalue weighted by molar-refractivity contribution is 7.64. The molecular weight excluding hydrogens is 259 g/mol. The van der Waals surface area contributed by atoms with Crippen LogP contribution in [0.2, 0.25) is 0 Å². The minimum atomic E-state index is -2.35. The third-order valence-corrected chi connectivity index (χ3v) is 6.58. The van der Waals surface area contributed by atoms with Gasteiger partial charge in [-0.25, -0.2) is 0 Å². The van der Waals surface area contributed by atoms with Crippen molar-refractivity contribution >= 4 is 13.1 Å². The van der Waals surface area contributed by atoms with E-state index in [1.54, 1.807) is 0 Å². The zero-order valence-electron chi connectivity index (χ0n) is 13.0. The van der Waals surface area contributed by atoms with Crippen LogP contribution in [-0.4, -0.2) is 31.6 Å². The van der Waals surface area contributed by atoms with Gasteiger partial charge in [-0.05, 0) is 12.8 Å². The Morgan fingerprint density at radius 2 is 1.37 bits per heavy atom. The van der Waals surface area contributed by atoms with Crippen LogP contribution in [0.5, 0.6) is 0 Å². The van der Waals surface area contributed by atoms with Crippen molar-refractivity contribution in [3.05, 3.63) is 0 Å². The fourth-order valence-corrected chi connectivity index (χ4v) is 4.96. The van der Waals surface area contributed by atoms with Crippen LogP contribution in [0.4, 0.5) is 0 Å². The van der Waals surface area contributed by atoms with Crippen LogP contribution in [0.25, 0.3) is 0 Å². The van der Waals surface area contributed by atoms with Gasteiger partial charge in [0, 0.05) is 12.3 Å². The summed E-state index contributed by atoms with van der Waals surface area (Å²) in [6.07, 6.45) is 10.5. The zero-order chi connectivity index (χ0) is 14.6. The first-order valence-corrected chi connectivity index (χ1v) is 9.98. The van der Waals surface area contributed by atoms with E-state index in [9.17, 15) is 9.36 Å². The second-order valence-electron chi connectivity index (χ2n) is 5.36. The van der Waals surface area contributed by atoms with E-state index in [2.05, 4.69) is 18.6 Å². The molecule has 0 spiro atoms. The molecule has 0 aromatic carbocycles. The van der Waals surface area contributed by atoms with Crippen molar-refractivity contribution < 1.29 is 14.1 Å². The fourth-order valence-electron chi connectivity index (χ4n) is 2.22. The van der Waals surface area contributed by atoms with E-state index in [0.717, 1.165) is 25.7 Å². The van der Waals surface area contributed by atoms with Crippen molar-refractivity contribution in [2.75, 3.05) is 25.6 Å². The molecular formula is C15H31O3P. The summed E-state index contributed by atoms with van der Waals surface area (Å²) >= 11 is 0. The highest BCUT2D eigenvalue weighted by atomic mass is 31.2. The topological polar surface area (TPSA) is 43.4 Å². The third-order valence-electron chi connectivity index (χ3n) is 3.48. The molecule has 0 amide bonds. The maximum Gasteiger partial charge on any atom is 0.312 e. The van der Waals surface area contributed by atoms with Crippen LogP contribution >= 0.6 is 7.14 Å². The van der Waals surface area contributed by atoms with E-state index in [4.69, 9.17) is 0 Å². The molecule has 0 rings (SSSR count). The molecule has 0 N–H and O–H groups in total. The highest BCUT2D eigenvalue weighted by Gasteiger charge is 2.25. The van der Waals surface area contributed by atoms with E-state index < -0.39 is 7.14 Å². The van der Waals surface area contributed by atoms with Crippen molar-refractivity contribution in [2.24, 2.45) is 0 Å². The summed E-state index contributed by atoms with van der Waals surface area (Å²) in [5.74, 6) is -0.311. The van der Waals surface area contributed by atoms with Crippen molar-refractivity contribution in [2.45, 2.75) is 65.2 Å². The molecule has 0 aliphatic rings. The van der Waals surface area contributed by atoms with Gasteiger partial charge in [0.2, 0.25) is 0 Å². The van der Waals surface area contributed by atoms with Crippen molar-refractivity contribution in [1.82, 2.24) is 0 Å². The number of carbonyl (C=O) groups is 1. The lowest BCUT2D eigenvalue weighted by molar-refractivity contribution is -0.137. The van der Waals surface area contributed by atoms with Crippen LogP contribution in [0.3, 0.4) is 0 Å². The summed E-state index contributed by atoms with van der Waals surface area (Å²) in [6.45, 7) is 4.33. The molecule has 0 radical (unpaired) electrons. The van der Waals surface area contributed by atoms with Crippen molar-refractivity contribution in [3.63, 3.8) is 0 Å². The van der Waals surface area contributed by atoms with E-state index in [1.807, 2.05) is 0 Å². The zero-order valence-corrected chi connectivity index (χ0v) is 13.8. The molecule has 0 aromatic heterocycles. The minimum absolute atomic E-state index is 0.141. The van der Waals surface area contributed by atoms with Gasteiger partial charge in [-0.2, -0.15) is 0 Å². The largest absolute Gasteiger partial charge is 0.469 e. The predicted molar refractivity (Wildman–Crippen MR) is 82.5 cm³/mol. The summed E-state index contributed by atoms with van der Waals surface area (Å²) in [5, 5.41) is 0. The van der Waals surface area contributed by atoms with Gasteiger partial charge in [0.05, 0.1) is 20.4 Å². The Labute approximate surface area is 118 Å². The van der Waals surface area contributed by atoms with Gasteiger partial charge >= 0.3 is 5.97 Å². The summed E-state index contributed by atoms with van der Waals surface area (Å²) in [7, 11) is -0.971. The smallest absolute Gasteiger partial charge is 0.312 e. The van der Waals surface area contributed by atoms with Gasteiger partial charge in [-0.1, -0.05) is 52.4 Å². The van der Waals surface area contributed by atoms with Crippen LogP contribution < -0.4 is 0 Å². The Morgan fingerprint density at radius 1 is 0.895 bits per heavy atom. The average Bonchev–Trinajstić information content (AvgIpc) is 2.40. The number of hydrogen-bond acceptors (Lipinski definition) is 3. The van der Waals surface area contributed by atoms with Gasteiger partial charge in [0.15, 0.2) is 0 Å². The number of unbranched alkanes of at least 4 members (excludes halogenated alkanes) is 6. The lowest BCUT2D eigenvalue weighted by Crippen LogP contribution is -2.11. The second kappa shape index (κ2) is 11.5. The Kier molecular flexibility index (Phi) is 11.3. The Balaban J connectivity index is 4.19. The first-order chi connectivity index (χ1) is 9.08. The standard InChI is InChI=1S/C15H31O3P/c1-4-6-8-10-12-19(17,14-15(16)18-3)13-11-9-7-5-2/h4-14H2,1-3H3. The number of hydrogen-bond donors (Lipinski definition) is 0. The normalized spacial score (nSPS) is 11.5. The summed E-state index contributed by atoms with van der Waals surface area (Å²) in [4.78, 5) is 11.4. The van der Waals surface area contributed by atoms with E-state index >= 15 is 0 Å². The molecule has 0 unspecified atom stereocenters. The molecule has 0 bridgehead atoms. The lowest BCUT2D eigenvalue weighted by Gasteiger charge is -2.17. The molecule has 0 aliphatic heterocycles. The SMILES string of the molecule is CCCCCCP(=O)(CCCCCC)CC(=O)OC. The molecule has 0 heterocycles. The quantitative estimate of drug-likeness (QED) is 0.298. The molecule has 0 saturated heterocycles. The molecule has 3 nitrogen and oxygen atoms in total. The Bertz CT molecular complexity index is 261. The van der Waals surface area contributed by atoms with Gasteiger partial charge in [-0.15, -0.1) is 0 Å². The average molecular weight is 290 g/mol. The number of methoxy groups -OCH3 is 1. The van der Waals surface area contributed by atoms with Gasteiger partial charge in [-0.3, -0.25) is 4.79 Å². The molecule has 0 aliphatic carbocycles. The summed E-state index contributed by atoms with van der Waals surface area (Å²) in [6, 6.07) is 0. The Hall–Kier alpha value is -0.300. The summed E-state index contributed by atoms with van der Waals surface area (Å²) in [5.41, 5.74) is 0. The van der Waals surface area contributed by atoms with Gasteiger partial charge < -0.3 is 9.30 Å². The third kappa shape index (κ3) is 10.2. The van der Waals surface area contributed by atoms with Gasteiger partial charge in [0.1, 0.15) is 0 Å². The molecule has 0 aromatic rings. The highest BCUT2D eigenvalue weighted by Crippen LogP contribution is 2.47. The first-order valence-electron chi connectivity index (χ1n) is 7.72. The molecule has 0 fully saturated rings. The monoisotopic (exact) mass is 290 g/mol. The van der Waals surface area contributed by atoms with E-state index in [1.165, 1.54) is 32.8 Å². The second-order valence-corrected chi connectivity index (χ2v) is 8.69. The lowest BCUT2D eigenvalue weighted by atomic mass is 10.2. The van der Waals surface area contributed by atoms with Crippen LogP contribution in [0.1, 0.15) is 65.2 Å². The molecule has 19 heavy (non-hydrogen) atoms. The molecule has 0 saturated carbocycles. The van der Waals surface area contributed by atoms with E-state index in [0.29, 0.717) is 12.3 Å². The van der Waals surface area contributed by atoms with Crippen LogP contribution in [-0.2, 0) is 14.1 Å². The number of ether oxygens (including phenoxy) is 1. The summed E-state index contributed by atoms with van der Waals surface area (Å²) < 4.78 is 17.5. The fraction of sp³-hybridized carbons (Fsp3) is 0.933. The number of carbonyl (C=O) groups excluding carboxylic acids is 1. The Morgan fingerprint density at radius 3 is 1.74 bits per heavy atom. The van der Waals surface area contributed by atoms with E-state index in [-0.39, 0.29) is 12.1 Å². The minimum Gasteiger partial charge on any atom is -0.469 e. The van der Waals surface area contributed by atoms with Gasteiger partial charge in [0.25, 0.3) is 0 Å². The first kappa shape index (κ1) is 18.7. The number of esters is 1. The van der Waals surface area contributed by atoms with Crippen molar-refractivity contribution in [1.29, 1.82) is 0 Å². The maximum absolute atomic E-state index is 12.8. The van der Waals surface area contributed by atoms with Crippen LogP contribution in [0, 0.1) is 0 Å². The molecule has 4 heteroatoms. The predicted octanol–water partition coefficient (Wildman–Crippen LogP) is 4.68. The molecule has 0 atom stereocenters. The van der Waals surface area contributed by atoms with Crippen LogP contribution in [0.15, 0.2) is 0 Å². The maximum atomic E-state index is 12.8. The van der Waals surface area contributed by atoms with Crippen molar-refractivity contribution in [3.8, 4) is 0 Å².